The summed E-state index contributed by atoms with van der Waals surface area (Å²) in [6, 6.07) is -2.01. The number of nitrogens with one attached hydrogen (secondary N) is 1. The van der Waals surface area contributed by atoms with Gasteiger partial charge in [0.05, 0.1) is 6.04 Å². The van der Waals surface area contributed by atoms with Crippen LogP contribution in [-0.4, -0.2) is 40.1 Å². The molecule has 0 heterocycles. The lowest BCUT2D eigenvalue weighted by molar-refractivity contribution is -0.144. The maximum absolute atomic E-state index is 11.6. The summed E-state index contributed by atoms with van der Waals surface area (Å²) in [5, 5.41) is 19.8. The van der Waals surface area contributed by atoms with E-state index in [-0.39, 0.29) is 18.8 Å². The number of amides is 1. The monoisotopic (exact) mass is 260 g/mol. The van der Waals surface area contributed by atoms with Crippen LogP contribution in [0.3, 0.4) is 0 Å². The largest absolute Gasteiger partial charge is 0.481 e. The minimum atomic E-state index is -1.12. The molecule has 1 unspecified atom stereocenters. The van der Waals surface area contributed by atoms with E-state index in [1.165, 1.54) is 0 Å². The number of carboxylic acids is 2. The fourth-order valence-electron chi connectivity index (χ4n) is 1.35. The molecular weight excluding hydrogens is 240 g/mol. The standard InChI is InChI=1S/C11H20N2O5/c1-3-6(2)9(11(17)18)13-10(16)7(12)4-5-8(14)15/h6-7,9H,3-5,12H2,1-2H3,(H,13,16)(H,14,15)(H,17,18)/t6-,7?,9-/m0/s1. The van der Waals surface area contributed by atoms with Gasteiger partial charge in [0.1, 0.15) is 6.04 Å². The predicted octanol–water partition coefficient (Wildman–Crippen LogP) is -0.206. The zero-order valence-corrected chi connectivity index (χ0v) is 10.5. The molecule has 0 fully saturated rings. The quantitative estimate of drug-likeness (QED) is 0.478. The van der Waals surface area contributed by atoms with E-state index in [1.54, 1.807) is 6.92 Å². The van der Waals surface area contributed by atoms with Gasteiger partial charge in [0.2, 0.25) is 5.91 Å². The molecule has 5 N–H and O–H groups in total. The maximum atomic E-state index is 11.6. The molecule has 0 rings (SSSR count). The van der Waals surface area contributed by atoms with Crippen molar-refractivity contribution in [3.8, 4) is 0 Å². The Morgan fingerprint density at radius 3 is 2.22 bits per heavy atom. The number of hydrogen-bond acceptors (Lipinski definition) is 4. The van der Waals surface area contributed by atoms with E-state index in [0.29, 0.717) is 6.42 Å². The van der Waals surface area contributed by atoms with Gasteiger partial charge in [0.25, 0.3) is 0 Å². The fourth-order valence-corrected chi connectivity index (χ4v) is 1.35. The van der Waals surface area contributed by atoms with Crippen molar-refractivity contribution >= 4 is 17.8 Å². The summed E-state index contributed by atoms with van der Waals surface area (Å²) >= 11 is 0. The van der Waals surface area contributed by atoms with Gasteiger partial charge in [-0.15, -0.1) is 0 Å². The SMILES string of the molecule is CC[C@H](C)[C@H](NC(=O)C(N)CCC(=O)O)C(=O)O. The Hall–Kier alpha value is -1.63. The summed E-state index contributed by atoms with van der Waals surface area (Å²) in [5.74, 6) is -3.03. The van der Waals surface area contributed by atoms with Crippen LogP contribution in [0.2, 0.25) is 0 Å². The Morgan fingerprint density at radius 1 is 1.28 bits per heavy atom. The van der Waals surface area contributed by atoms with Crippen molar-refractivity contribution in [3.05, 3.63) is 0 Å². The molecule has 0 aromatic rings. The Kier molecular flexibility index (Phi) is 6.96. The number of hydrogen-bond donors (Lipinski definition) is 4. The highest BCUT2D eigenvalue weighted by molar-refractivity contribution is 5.87. The molecule has 0 saturated carbocycles. The minimum Gasteiger partial charge on any atom is -0.481 e. The van der Waals surface area contributed by atoms with Gasteiger partial charge in [-0.25, -0.2) is 4.79 Å². The average Bonchev–Trinajstić information content (AvgIpc) is 2.30. The summed E-state index contributed by atoms with van der Waals surface area (Å²) < 4.78 is 0. The van der Waals surface area contributed by atoms with E-state index in [4.69, 9.17) is 15.9 Å². The first-order valence-corrected chi connectivity index (χ1v) is 5.80. The van der Waals surface area contributed by atoms with E-state index < -0.39 is 29.9 Å². The summed E-state index contributed by atoms with van der Waals surface area (Å²) in [6.07, 6.45) is 0.352. The van der Waals surface area contributed by atoms with Crippen LogP contribution in [0.5, 0.6) is 0 Å². The Balaban J connectivity index is 4.41. The molecule has 3 atom stereocenters. The first-order valence-electron chi connectivity index (χ1n) is 5.80. The van der Waals surface area contributed by atoms with Crippen molar-refractivity contribution in [3.63, 3.8) is 0 Å². The van der Waals surface area contributed by atoms with E-state index in [9.17, 15) is 14.4 Å². The summed E-state index contributed by atoms with van der Waals surface area (Å²) in [7, 11) is 0. The van der Waals surface area contributed by atoms with Crippen LogP contribution in [-0.2, 0) is 14.4 Å². The molecule has 104 valence electrons. The molecular formula is C11H20N2O5. The molecule has 7 nitrogen and oxygen atoms in total. The van der Waals surface area contributed by atoms with E-state index >= 15 is 0 Å². The van der Waals surface area contributed by atoms with Gasteiger partial charge < -0.3 is 21.3 Å². The predicted molar refractivity (Wildman–Crippen MR) is 63.9 cm³/mol. The highest BCUT2D eigenvalue weighted by Crippen LogP contribution is 2.08. The molecule has 7 heteroatoms. The molecule has 0 aromatic carbocycles. The molecule has 0 radical (unpaired) electrons. The highest BCUT2D eigenvalue weighted by atomic mass is 16.4. The lowest BCUT2D eigenvalue weighted by Gasteiger charge is -2.21. The third kappa shape index (κ3) is 5.62. The maximum Gasteiger partial charge on any atom is 0.326 e. The van der Waals surface area contributed by atoms with Gasteiger partial charge in [-0.1, -0.05) is 20.3 Å². The smallest absolute Gasteiger partial charge is 0.326 e. The minimum absolute atomic E-state index is 0.0198. The second kappa shape index (κ2) is 7.65. The lowest BCUT2D eigenvalue weighted by Crippen LogP contribution is -2.51. The van der Waals surface area contributed by atoms with Crippen molar-refractivity contribution in [1.29, 1.82) is 0 Å². The molecule has 0 aromatic heterocycles. The van der Waals surface area contributed by atoms with Crippen molar-refractivity contribution in [1.82, 2.24) is 5.32 Å². The molecule has 0 saturated heterocycles. The molecule has 0 spiro atoms. The van der Waals surface area contributed by atoms with E-state index in [0.717, 1.165) is 0 Å². The van der Waals surface area contributed by atoms with Crippen LogP contribution in [0, 0.1) is 5.92 Å². The van der Waals surface area contributed by atoms with Gasteiger partial charge in [-0.2, -0.15) is 0 Å². The fraction of sp³-hybridized carbons (Fsp3) is 0.727. The Bertz CT molecular complexity index is 319. The number of rotatable bonds is 8. The van der Waals surface area contributed by atoms with Gasteiger partial charge in [0, 0.05) is 6.42 Å². The number of carbonyl (C=O) groups excluding carboxylic acids is 1. The van der Waals surface area contributed by atoms with Gasteiger partial charge >= 0.3 is 11.9 Å². The van der Waals surface area contributed by atoms with Crippen LogP contribution < -0.4 is 11.1 Å². The molecule has 0 bridgehead atoms. The number of carboxylic acid groups (broad SMARTS) is 2. The van der Waals surface area contributed by atoms with E-state index in [1.807, 2.05) is 6.92 Å². The molecule has 0 aliphatic rings. The number of carbonyl (C=O) groups is 3. The summed E-state index contributed by atoms with van der Waals surface area (Å²) in [5.41, 5.74) is 5.49. The molecule has 0 aliphatic heterocycles. The van der Waals surface area contributed by atoms with Crippen LogP contribution in [0.4, 0.5) is 0 Å². The summed E-state index contributed by atoms with van der Waals surface area (Å²) in [6.45, 7) is 3.53. The second-order valence-electron chi connectivity index (χ2n) is 4.25. The van der Waals surface area contributed by atoms with Crippen LogP contribution in [0.1, 0.15) is 33.1 Å². The second-order valence-corrected chi connectivity index (χ2v) is 4.25. The van der Waals surface area contributed by atoms with Crippen LogP contribution in [0.15, 0.2) is 0 Å². The first-order chi connectivity index (χ1) is 8.29. The van der Waals surface area contributed by atoms with Crippen LogP contribution in [0.25, 0.3) is 0 Å². The topological polar surface area (TPSA) is 130 Å². The number of aliphatic carboxylic acids is 2. The Morgan fingerprint density at radius 2 is 1.83 bits per heavy atom. The highest BCUT2D eigenvalue weighted by Gasteiger charge is 2.27. The molecule has 18 heavy (non-hydrogen) atoms. The normalized spacial score (nSPS) is 15.5. The van der Waals surface area contributed by atoms with Crippen molar-refractivity contribution in [2.24, 2.45) is 11.7 Å². The van der Waals surface area contributed by atoms with Gasteiger partial charge in [0.15, 0.2) is 0 Å². The van der Waals surface area contributed by atoms with Crippen molar-refractivity contribution in [2.45, 2.75) is 45.2 Å². The molecule has 0 aliphatic carbocycles. The van der Waals surface area contributed by atoms with Gasteiger partial charge in [-0.05, 0) is 12.3 Å². The van der Waals surface area contributed by atoms with Crippen molar-refractivity contribution < 1.29 is 24.6 Å². The van der Waals surface area contributed by atoms with Crippen LogP contribution >= 0.6 is 0 Å². The molecule has 1 amide bonds. The summed E-state index contributed by atoms with van der Waals surface area (Å²) in [4.78, 5) is 32.9. The first kappa shape index (κ1) is 16.4. The zero-order chi connectivity index (χ0) is 14.3. The average molecular weight is 260 g/mol. The zero-order valence-electron chi connectivity index (χ0n) is 10.5. The van der Waals surface area contributed by atoms with Gasteiger partial charge in [-0.3, -0.25) is 9.59 Å². The third-order valence-corrected chi connectivity index (χ3v) is 2.78. The van der Waals surface area contributed by atoms with E-state index in [2.05, 4.69) is 5.32 Å². The lowest BCUT2D eigenvalue weighted by atomic mass is 9.98. The van der Waals surface area contributed by atoms with Crippen molar-refractivity contribution in [2.75, 3.05) is 0 Å². The Labute approximate surface area is 105 Å². The number of nitrogens with two attached hydrogens (primary N) is 1. The third-order valence-electron chi connectivity index (χ3n) is 2.78.